The fraction of sp³-hybridized carbons (Fsp3) is 0.300. The second-order valence-electron chi connectivity index (χ2n) is 3.60. The first-order valence-corrected chi connectivity index (χ1v) is 4.43. The van der Waals surface area contributed by atoms with E-state index in [0.29, 0.717) is 0 Å². The van der Waals surface area contributed by atoms with Crippen LogP contribution in [0.4, 0.5) is 11.5 Å². The molecule has 0 fully saturated rings. The molecular weight excluding hydrogens is 210 g/mol. The second-order valence-corrected chi connectivity index (χ2v) is 3.60. The predicted octanol–water partition coefficient (Wildman–Crippen LogP) is 1.36. The SMILES string of the molecule is C#CC(C)(C)Oc1cc([N+](=O)[O-])cc(N)n1. The highest BCUT2D eigenvalue weighted by molar-refractivity contribution is 5.45. The molecule has 0 aliphatic rings. The predicted molar refractivity (Wildman–Crippen MR) is 58.8 cm³/mol. The number of nitrogens with two attached hydrogens (primary N) is 1. The van der Waals surface area contributed by atoms with E-state index in [0.717, 1.165) is 6.07 Å². The van der Waals surface area contributed by atoms with Crippen molar-refractivity contribution in [3.63, 3.8) is 0 Å². The molecule has 0 spiro atoms. The van der Waals surface area contributed by atoms with Gasteiger partial charge < -0.3 is 10.5 Å². The Balaban J connectivity index is 3.07. The van der Waals surface area contributed by atoms with Crippen LogP contribution in [0.15, 0.2) is 12.1 Å². The Kier molecular flexibility index (Phi) is 2.99. The van der Waals surface area contributed by atoms with Gasteiger partial charge in [-0.05, 0) is 13.8 Å². The third-order valence-corrected chi connectivity index (χ3v) is 1.72. The normalized spacial score (nSPS) is 10.6. The smallest absolute Gasteiger partial charge is 0.278 e. The average Bonchev–Trinajstić information content (AvgIpc) is 2.16. The first kappa shape index (κ1) is 11.8. The summed E-state index contributed by atoms with van der Waals surface area (Å²) in [6, 6.07) is 2.32. The molecule has 0 aliphatic heterocycles. The van der Waals surface area contributed by atoms with Crippen molar-refractivity contribution in [1.82, 2.24) is 4.98 Å². The molecular formula is C10H11N3O3. The molecule has 84 valence electrons. The Hall–Kier alpha value is -2.29. The van der Waals surface area contributed by atoms with Gasteiger partial charge in [-0.3, -0.25) is 10.1 Å². The maximum absolute atomic E-state index is 10.6. The molecule has 0 unspecified atom stereocenters. The lowest BCUT2D eigenvalue weighted by Gasteiger charge is -2.19. The van der Waals surface area contributed by atoms with E-state index in [1.54, 1.807) is 13.8 Å². The molecule has 0 bridgehead atoms. The van der Waals surface area contributed by atoms with Gasteiger partial charge >= 0.3 is 0 Å². The lowest BCUT2D eigenvalue weighted by molar-refractivity contribution is -0.384. The quantitative estimate of drug-likeness (QED) is 0.472. The fourth-order valence-electron chi connectivity index (χ4n) is 0.960. The van der Waals surface area contributed by atoms with Crippen molar-refractivity contribution in [2.24, 2.45) is 0 Å². The number of ether oxygens (including phenoxy) is 1. The summed E-state index contributed by atoms with van der Waals surface area (Å²) in [5.41, 5.74) is 4.33. The van der Waals surface area contributed by atoms with E-state index in [1.807, 2.05) is 0 Å². The average molecular weight is 221 g/mol. The monoisotopic (exact) mass is 221 g/mol. The van der Waals surface area contributed by atoms with E-state index >= 15 is 0 Å². The van der Waals surface area contributed by atoms with Crippen LogP contribution in [0.3, 0.4) is 0 Å². The topological polar surface area (TPSA) is 91.3 Å². The van der Waals surface area contributed by atoms with Crippen LogP contribution in [0.2, 0.25) is 0 Å². The number of rotatable bonds is 3. The van der Waals surface area contributed by atoms with E-state index in [-0.39, 0.29) is 17.4 Å². The maximum atomic E-state index is 10.6. The zero-order chi connectivity index (χ0) is 12.3. The summed E-state index contributed by atoms with van der Waals surface area (Å²) in [5.74, 6) is 2.43. The fourth-order valence-corrected chi connectivity index (χ4v) is 0.960. The summed E-state index contributed by atoms with van der Waals surface area (Å²) in [5, 5.41) is 10.6. The van der Waals surface area contributed by atoms with Crippen LogP contribution in [0.5, 0.6) is 5.88 Å². The van der Waals surface area contributed by atoms with Crippen LogP contribution in [0.25, 0.3) is 0 Å². The molecule has 1 aromatic rings. The van der Waals surface area contributed by atoms with Crippen molar-refractivity contribution in [2.45, 2.75) is 19.4 Å². The van der Waals surface area contributed by atoms with Gasteiger partial charge in [0.1, 0.15) is 5.82 Å². The van der Waals surface area contributed by atoms with Crippen LogP contribution in [-0.2, 0) is 0 Å². The zero-order valence-electron chi connectivity index (χ0n) is 8.93. The lowest BCUT2D eigenvalue weighted by atomic mass is 10.1. The summed E-state index contributed by atoms with van der Waals surface area (Å²) < 4.78 is 5.29. The van der Waals surface area contributed by atoms with Gasteiger partial charge in [0, 0.05) is 0 Å². The number of aromatic nitrogens is 1. The summed E-state index contributed by atoms with van der Waals surface area (Å²) in [6.07, 6.45) is 5.22. The molecule has 2 N–H and O–H groups in total. The van der Waals surface area contributed by atoms with Gasteiger partial charge in [0.15, 0.2) is 5.60 Å². The number of nitro groups is 1. The number of hydrogen-bond donors (Lipinski definition) is 1. The van der Waals surface area contributed by atoms with Gasteiger partial charge in [0.05, 0.1) is 17.1 Å². The van der Waals surface area contributed by atoms with Crippen LogP contribution in [0, 0.1) is 22.5 Å². The molecule has 6 nitrogen and oxygen atoms in total. The van der Waals surface area contributed by atoms with Crippen molar-refractivity contribution in [2.75, 3.05) is 5.73 Å². The first-order valence-electron chi connectivity index (χ1n) is 4.43. The van der Waals surface area contributed by atoms with E-state index in [4.69, 9.17) is 16.9 Å². The van der Waals surface area contributed by atoms with Gasteiger partial charge in [-0.15, -0.1) is 6.42 Å². The number of pyridine rings is 1. The molecule has 6 heteroatoms. The molecule has 16 heavy (non-hydrogen) atoms. The highest BCUT2D eigenvalue weighted by Crippen LogP contribution is 2.23. The molecule has 0 saturated heterocycles. The van der Waals surface area contributed by atoms with E-state index in [1.165, 1.54) is 6.07 Å². The van der Waals surface area contributed by atoms with E-state index in [9.17, 15) is 10.1 Å². The Morgan fingerprint density at radius 1 is 1.62 bits per heavy atom. The third kappa shape index (κ3) is 2.85. The first-order chi connectivity index (χ1) is 7.34. The molecule has 0 aromatic carbocycles. The Morgan fingerprint density at radius 2 is 2.25 bits per heavy atom. The van der Waals surface area contributed by atoms with Crippen molar-refractivity contribution in [3.8, 4) is 18.2 Å². The van der Waals surface area contributed by atoms with Crippen LogP contribution < -0.4 is 10.5 Å². The number of nitrogens with zero attached hydrogens (tertiary/aromatic N) is 2. The summed E-state index contributed by atoms with van der Waals surface area (Å²) in [4.78, 5) is 13.8. The molecule has 0 saturated carbocycles. The highest BCUT2D eigenvalue weighted by atomic mass is 16.6. The number of anilines is 1. The van der Waals surface area contributed by atoms with Gasteiger partial charge in [-0.25, -0.2) is 0 Å². The lowest BCUT2D eigenvalue weighted by Crippen LogP contribution is -2.26. The second kappa shape index (κ2) is 4.06. The summed E-state index contributed by atoms with van der Waals surface area (Å²) in [6.45, 7) is 3.29. The minimum Gasteiger partial charge on any atom is -0.458 e. The summed E-state index contributed by atoms with van der Waals surface area (Å²) >= 11 is 0. The molecule has 0 amide bonds. The number of terminal acetylenes is 1. The number of nitrogen functional groups attached to an aromatic ring is 1. The minimum atomic E-state index is -0.894. The largest absolute Gasteiger partial charge is 0.458 e. The van der Waals surface area contributed by atoms with Crippen molar-refractivity contribution in [1.29, 1.82) is 0 Å². The van der Waals surface area contributed by atoms with Crippen molar-refractivity contribution < 1.29 is 9.66 Å². The van der Waals surface area contributed by atoms with Crippen molar-refractivity contribution in [3.05, 3.63) is 22.2 Å². The summed E-state index contributed by atoms with van der Waals surface area (Å²) in [7, 11) is 0. The third-order valence-electron chi connectivity index (χ3n) is 1.72. The molecule has 0 radical (unpaired) electrons. The number of hydrogen-bond acceptors (Lipinski definition) is 5. The van der Waals surface area contributed by atoms with Gasteiger partial charge in [0.2, 0.25) is 5.88 Å². The van der Waals surface area contributed by atoms with E-state index in [2.05, 4.69) is 10.9 Å². The van der Waals surface area contributed by atoms with Gasteiger partial charge in [-0.1, -0.05) is 5.92 Å². The molecule has 0 aliphatic carbocycles. The molecule has 1 rings (SSSR count). The maximum Gasteiger partial charge on any atom is 0.278 e. The van der Waals surface area contributed by atoms with Gasteiger partial charge in [-0.2, -0.15) is 4.98 Å². The standard InChI is InChI=1S/C10H11N3O3/c1-4-10(2,3)16-9-6-7(13(14)15)5-8(11)12-9/h1,5-6H,2-3H3,(H2,11,12). The van der Waals surface area contributed by atoms with Crippen LogP contribution in [0.1, 0.15) is 13.8 Å². The van der Waals surface area contributed by atoms with Crippen LogP contribution in [-0.4, -0.2) is 15.5 Å². The molecule has 0 atom stereocenters. The van der Waals surface area contributed by atoms with Crippen LogP contribution >= 0.6 is 0 Å². The Morgan fingerprint density at radius 3 is 2.75 bits per heavy atom. The highest BCUT2D eigenvalue weighted by Gasteiger charge is 2.19. The molecule has 1 aromatic heterocycles. The van der Waals surface area contributed by atoms with Gasteiger partial charge in [0.25, 0.3) is 5.69 Å². The zero-order valence-corrected chi connectivity index (χ0v) is 8.93. The van der Waals surface area contributed by atoms with Crippen molar-refractivity contribution >= 4 is 11.5 Å². The Bertz CT molecular complexity index is 463. The molecule has 1 heterocycles. The van der Waals surface area contributed by atoms with E-state index < -0.39 is 10.5 Å². The minimum absolute atomic E-state index is 0.0111. The Labute approximate surface area is 92.6 Å².